The van der Waals surface area contributed by atoms with Crippen molar-refractivity contribution in [3.05, 3.63) is 95.0 Å². The lowest BCUT2D eigenvalue weighted by Gasteiger charge is -2.45. The smallest absolute Gasteiger partial charge is 0.256 e. The number of piperidine rings is 2. The van der Waals surface area contributed by atoms with E-state index in [9.17, 15) is 4.79 Å². The summed E-state index contributed by atoms with van der Waals surface area (Å²) in [5.74, 6) is 1.13. The number of hydrogen-bond acceptors (Lipinski definition) is 4. The molecule has 0 saturated carbocycles. The Morgan fingerprint density at radius 2 is 1.63 bits per heavy atom. The van der Waals surface area contributed by atoms with E-state index in [1.807, 2.05) is 4.90 Å². The van der Waals surface area contributed by atoms with Gasteiger partial charge in [0.1, 0.15) is 11.0 Å². The fraction of sp³-hybridized carbons (Fsp3) is 0.441. The molecule has 2 aromatic carbocycles. The van der Waals surface area contributed by atoms with Gasteiger partial charge in [-0.1, -0.05) is 54.1 Å². The van der Waals surface area contributed by atoms with Gasteiger partial charge in [0.05, 0.1) is 16.6 Å². The molecule has 7 rings (SSSR count). The van der Waals surface area contributed by atoms with Gasteiger partial charge in [0.25, 0.3) is 5.91 Å². The van der Waals surface area contributed by atoms with Crippen LogP contribution in [0.2, 0.25) is 5.15 Å². The Bertz CT molecular complexity index is 1530. The number of benzene rings is 2. The van der Waals surface area contributed by atoms with Crippen molar-refractivity contribution < 1.29 is 4.79 Å². The van der Waals surface area contributed by atoms with Gasteiger partial charge < -0.3 is 9.47 Å². The maximum absolute atomic E-state index is 13.3. The van der Waals surface area contributed by atoms with Crippen LogP contribution in [0.25, 0.3) is 11.0 Å². The van der Waals surface area contributed by atoms with Crippen LogP contribution in [0.15, 0.2) is 72.9 Å². The van der Waals surface area contributed by atoms with Gasteiger partial charge in [-0.3, -0.25) is 9.69 Å². The van der Waals surface area contributed by atoms with E-state index in [0.29, 0.717) is 23.7 Å². The molecular formula is C34H38ClN5O. The lowest BCUT2D eigenvalue weighted by Crippen LogP contribution is -2.49. The van der Waals surface area contributed by atoms with Crippen molar-refractivity contribution in [3.63, 3.8) is 0 Å². The minimum Gasteiger partial charge on any atom is -0.338 e. The molecular weight excluding hydrogens is 530 g/mol. The predicted octanol–water partition coefficient (Wildman–Crippen LogP) is 6.83. The number of aromatic nitrogens is 3. The standard InChI is InChI=1S/C34H38ClN5O/c1-24-37-30-11-5-6-12-31(30)40(24)28-22-26-13-14-27(23-28)39(26)21-17-34(25-8-3-2-4-9-25)15-19-38(20-16-34)33(41)29-10-7-18-36-32(29)35/h2-12,18,26-28H,13-17,19-23H2,1H3/t26-,27+,28?. The first-order valence-corrected chi connectivity index (χ1v) is 15.5. The summed E-state index contributed by atoms with van der Waals surface area (Å²) in [6, 6.07) is 24.9. The van der Waals surface area contributed by atoms with Crippen molar-refractivity contribution >= 4 is 28.5 Å². The summed E-state index contributed by atoms with van der Waals surface area (Å²) in [4.78, 5) is 27.1. The Morgan fingerprint density at radius 1 is 0.927 bits per heavy atom. The van der Waals surface area contributed by atoms with Gasteiger partial charge in [0.2, 0.25) is 0 Å². The lowest BCUT2D eigenvalue weighted by molar-refractivity contribution is 0.0607. The summed E-state index contributed by atoms with van der Waals surface area (Å²) in [6.07, 6.45) is 9.66. The van der Waals surface area contributed by atoms with Crippen LogP contribution in [0, 0.1) is 6.92 Å². The molecule has 1 unspecified atom stereocenters. The van der Waals surface area contributed by atoms with Crippen molar-refractivity contribution in [2.45, 2.75) is 75.4 Å². The molecule has 0 aliphatic carbocycles. The van der Waals surface area contributed by atoms with E-state index < -0.39 is 0 Å². The number of amides is 1. The summed E-state index contributed by atoms with van der Waals surface area (Å²) in [6.45, 7) is 4.75. The Balaban J connectivity index is 1.07. The van der Waals surface area contributed by atoms with E-state index in [2.05, 4.69) is 76.0 Å². The molecule has 41 heavy (non-hydrogen) atoms. The van der Waals surface area contributed by atoms with E-state index in [1.165, 1.54) is 36.8 Å². The summed E-state index contributed by atoms with van der Waals surface area (Å²) in [5, 5.41) is 0.287. The van der Waals surface area contributed by atoms with Crippen LogP contribution in [-0.2, 0) is 5.41 Å². The van der Waals surface area contributed by atoms with Gasteiger partial charge >= 0.3 is 0 Å². The molecule has 2 aromatic heterocycles. The molecule has 0 N–H and O–H groups in total. The number of imidazole rings is 1. The number of pyridine rings is 1. The number of likely N-dealkylation sites (tertiary alicyclic amines) is 1. The number of hydrogen-bond donors (Lipinski definition) is 0. The lowest BCUT2D eigenvalue weighted by atomic mass is 9.70. The Morgan fingerprint density at radius 3 is 2.37 bits per heavy atom. The second-order valence-electron chi connectivity index (χ2n) is 12.3. The van der Waals surface area contributed by atoms with Gasteiger partial charge in [0.15, 0.2) is 0 Å². The molecule has 3 aliphatic heterocycles. The Hall–Kier alpha value is -3.22. The van der Waals surface area contributed by atoms with Crippen LogP contribution in [0.5, 0.6) is 0 Å². The van der Waals surface area contributed by atoms with Crippen LogP contribution >= 0.6 is 11.6 Å². The largest absolute Gasteiger partial charge is 0.338 e. The number of aryl methyl sites for hydroxylation is 1. The zero-order valence-electron chi connectivity index (χ0n) is 23.8. The first kappa shape index (κ1) is 26.7. The fourth-order valence-electron chi connectivity index (χ4n) is 8.12. The average Bonchev–Trinajstić information content (AvgIpc) is 3.47. The number of nitrogens with zero attached hydrogens (tertiary/aromatic N) is 5. The van der Waals surface area contributed by atoms with Crippen LogP contribution in [-0.4, -0.2) is 62.0 Å². The highest BCUT2D eigenvalue weighted by Crippen LogP contribution is 2.45. The van der Waals surface area contributed by atoms with Crippen molar-refractivity contribution in [1.82, 2.24) is 24.3 Å². The summed E-state index contributed by atoms with van der Waals surface area (Å²) >= 11 is 6.27. The van der Waals surface area contributed by atoms with E-state index in [-0.39, 0.29) is 16.5 Å². The highest BCUT2D eigenvalue weighted by molar-refractivity contribution is 6.32. The third-order valence-corrected chi connectivity index (χ3v) is 10.5. The topological polar surface area (TPSA) is 54.3 Å². The molecule has 0 spiro atoms. The molecule has 5 heterocycles. The third kappa shape index (κ3) is 4.85. The summed E-state index contributed by atoms with van der Waals surface area (Å²) in [7, 11) is 0. The van der Waals surface area contributed by atoms with E-state index >= 15 is 0 Å². The molecule has 212 valence electrons. The first-order valence-electron chi connectivity index (χ1n) is 15.2. The van der Waals surface area contributed by atoms with Gasteiger partial charge in [-0.2, -0.15) is 0 Å². The van der Waals surface area contributed by atoms with Crippen molar-refractivity contribution in [2.75, 3.05) is 19.6 Å². The molecule has 3 fully saturated rings. The van der Waals surface area contributed by atoms with Crippen molar-refractivity contribution in [1.29, 1.82) is 0 Å². The normalized spacial score (nSPS) is 24.1. The highest BCUT2D eigenvalue weighted by Gasteiger charge is 2.44. The molecule has 3 aliphatic rings. The van der Waals surface area contributed by atoms with Crippen LogP contribution in [0.1, 0.15) is 72.7 Å². The number of rotatable bonds is 6. The maximum atomic E-state index is 13.3. The van der Waals surface area contributed by atoms with Crippen LogP contribution < -0.4 is 0 Å². The summed E-state index contributed by atoms with van der Waals surface area (Å²) < 4.78 is 2.52. The molecule has 0 radical (unpaired) electrons. The second-order valence-corrected chi connectivity index (χ2v) is 12.7. The monoisotopic (exact) mass is 567 g/mol. The zero-order valence-corrected chi connectivity index (χ0v) is 24.5. The molecule has 2 bridgehead atoms. The first-order chi connectivity index (χ1) is 20.0. The van der Waals surface area contributed by atoms with E-state index in [0.717, 1.165) is 50.2 Å². The number of para-hydroxylation sites is 2. The van der Waals surface area contributed by atoms with Crippen molar-refractivity contribution in [3.8, 4) is 0 Å². The van der Waals surface area contributed by atoms with Crippen LogP contribution in [0.3, 0.4) is 0 Å². The van der Waals surface area contributed by atoms with E-state index in [1.54, 1.807) is 18.3 Å². The number of halogens is 1. The molecule has 1 amide bonds. The molecule has 7 heteroatoms. The van der Waals surface area contributed by atoms with Gasteiger partial charge in [0, 0.05) is 37.4 Å². The number of fused-ring (bicyclic) bond motifs is 3. The SMILES string of the molecule is Cc1nc2ccccc2n1C1C[C@H]2CC[C@@H](C1)N2CCC1(c2ccccc2)CCN(C(=O)c2cccnc2Cl)CC1. The van der Waals surface area contributed by atoms with Gasteiger partial charge in [-0.15, -0.1) is 0 Å². The Kier molecular flexibility index (Phi) is 7.08. The fourth-order valence-corrected chi connectivity index (χ4v) is 8.32. The van der Waals surface area contributed by atoms with Crippen molar-refractivity contribution in [2.24, 2.45) is 0 Å². The minimum absolute atomic E-state index is 0.00722. The second kappa shape index (κ2) is 10.9. The number of carbonyl (C=O) groups is 1. The predicted molar refractivity (Wildman–Crippen MR) is 163 cm³/mol. The van der Waals surface area contributed by atoms with Crippen LogP contribution in [0.4, 0.5) is 0 Å². The molecule has 3 saturated heterocycles. The molecule has 6 nitrogen and oxygen atoms in total. The highest BCUT2D eigenvalue weighted by atomic mass is 35.5. The third-order valence-electron chi connectivity index (χ3n) is 10.2. The minimum atomic E-state index is -0.00722. The molecule has 4 aromatic rings. The van der Waals surface area contributed by atoms with E-state index in [4.69, 9.17) is 16.6 Å². The quantitative estimate of drug-likeness (QED) is 0.240. The maximum Gasteiger partial charge on any atom is 0.256 e. The zero-order chi connectivity index (χ0) is 28.0. The summed E-state index contributed by atoms with van der Waals surface area (Å²) in [5.41, 5.74) is 4.38. The Labute approximate surface area is 247 Å². The average molecular weight is 568 g/mol. The van der Waals surface area contributed by atoms with Gasteiger partial charge in [-0.05, 0) is 93.7 Å². The van der Waals surface area contributed by atoms with Gasteiger partial charge in [-0.25, -0.2) is 9.97 Å². The number of carbonyl (C=O) groups excluding carboxylic acids is 1. The molecule has 3 atom stereocenters.